The van der Waals surface area contributed by atoms with Crippen molar-refractivity contribution in [2.24, 2.45) is 5.92 Å². The van der Waals surface area contributed by atoms with Crippen molar-refractivity contribution in [3.8, 4) is 0 Å². The Morgan fingerprint density at radius 2 is 2.08 bits per heavy atom. The van der Waals surface area contributed by atoms with Crippen LogP contribution in [0, 0.1) is 5.92 Å². The minimum atomic E-state index is 0.860. The van der Waals surface area contributed by atoms with Crippen molar-refractivity contribution >= 4 is 22.3 Å². The maximum atomic E-state index is 10.4. The molecule has 1 amide bonds. The van der Waals surface area contributed by atoms with E-state index in [0.29, 0.717) is 0 Å². The fourth-order valence-corrected chi connectivity index (χ4v) is 2.04. The topological polar surface area (TPSA) is 20.3 Å². The number of hydrogen-bond acceptors (Lipinski definition) is 1. The number of alkyl halides is 1. The molecule has 0 saturated carbocycles. The third-order valence-corrected chi connectivity index (χ3v) is 3.10. The van der Waals surface area contributed by atoms with Crippen molar-refractivity contribution in [1.82, 2.24) is 4.90 Å². The second-order valence-electron chi connectivity index (χ2n) is 3.42. The SMILES string of the molecule is O=CN1CCC(CCCBr)CC1. The molecule has 1 aliphatic rings. The number of carbonyl (C=O) groups excluding carboxylic acids is 1. The molecule has 1 fully saturated rings. The van der Waals surface area contributed by atoms with Gasteiger partial charge < -0.3 is 4.90 Å². The summed E-state index contributed by atoms with van der Waals surface area (Å²) in [4.78, 5) is 12.3. The molecule has 1 heterocycles. The van der Waals surface area contributed by atoms with Gasteiger partial charge in [0.2, 0.25) is 6.41 Å². The number of carbonyl (C=O) groups is 1. The average Bonchev–Trinajstić information content (AvgIpc) is 2.15. The second kappa shape index (κ2) is 5.57. The molecule has 0 aromatic rings. The second-order valence-corrected chi connectivity index (χ2v) is 4.21. The van der Waals surface area contributed by atoms with Crippen LogP contribution in [0.2, 0.25) is 0 Å². The highest BCUT2D eigenvalue weighted by molar-refractivity contribution is 9.09. The van der Waals surface area contributed by atoms with Gasteiger partial charge >= 0.3 is 0 Å². The van der Waals surface area contributed by atoms with Crippen molar-refractivity contribution in [3.05, 3.63) is 0 Å². The lowest BCUT2D eigenvalue weighted by Gasteiger charge is -2.28. The summed E-state index contributed by atoms with van der Waals surface area (Å²) in [5, 5.41) is 1.11. The van der Waals surface area contributed by atoms with Crippen LogP contribution in [0.1, 0.15) is 25.7 Å². The van der Waals surface area contributed by atoms with Gasteiger partial charge in [-0.2, -0.15) is 0 Å². The van der Waals surface area contributed by atoms with Gasteiger partial charge in [0.25, 0.3) is 0 Å². The first-order valence-electron chi connectivity index (χ1n) is 4.62. The van der Waals surface area contributed by atoms with E-state index in [9.17, 15) is 4.79 Å². The molecule has 0 unspecified atom stereocenters. The van der Waals surface area contributed by atoms with Gasteiger partial charge in [-0.25, -0.2) is 0 Å². The Morgan fingerprint density at radius 3 is 2.58 bits per heavy atom. The molecule has 0 bridgehead atoms. The highest BCUT2D eigenvalue weighted by Gasteiger charge is 2.16. The molecule has 1 saturated heterocycles. The van der Waals surface area contributed by atoms with Crippen molar-refractivity contribution < 1.29 is 4.79 Å². The molecule has 12 heavy (non-hydrogen) atoms. The quantitative estimate of drug-likeness (QED) is 0.538. The maximum absolute atomic E-state index is 10.4. The number of rotatable bonds is 4. The molecule has 0 spiro atoms. The Bertz CT molecular complexity index is 132. The predicted molar refractivity (Wildman–Crippen MR) is 53.4 cm³/mol. The van der Waals surface area contributed by atoms with Crippen LogP contribution in [0.5, 0.6) is 0 Å². The summed E-state index contributed by atoms with van der Waals surface area (Å²) in [7, 11) is 0. The van der Waals surface area contributed by atoms with E-state index in [1.165, 1.54) is 25.7 Å². The molecule has 1 rings (SSSR count). The Labute approximate surface area is 82.4 Å². The number of likely N-dealkylation sites (tertiary alicyclic amines) is 1. The molecule has 0 aliphatic carbocycles. The Balaban J connectivity index is 2.12. The van der Waals surface area contributed by atoms with Crippen molar-refractivity contribution in [2.75, 3.05) is 18.4 Å². The van der Waals surface area contributed by atoms with Gasteiger partial charge in [0.1, 0.15) is 0 Å². The van der Waals surface area contributed by atoms with E-state index in [1.54, 1.807) is 0 Å². The lowest BCUT2D eigenvalue weighted by molar-refractivity contribution is -0.119. The number of nitrogens with zero attached hydrogens (tertiary/aromatic N) is 1. The lowest BCUT2D eigenvalue weighted by Crippen LogP contribution is -2.32. The van der Waals surface area contributed by atoms with Crippen LogP contribution in [0.3, 0.4) is 0 Å². The third-order valence-electron chi connectivity index (χ3n) is 2.54. The smallest absolute Gasteiger partial charge is 0.209 e. The van der Waals surface area contributed by atoms with Gasteiger partial charge in [0.05, 0.1) is 0 Å². The van der Waals surface area contributed by atoms with Crippen LogP contribution in [0.25, 0.3) is 0 Å². The van der Waals surface area contributed by atoms with Gasteiger partial charge in [0.15, 0.2) is 0 Å². The molecular formula is C9H16BrNO. The summed E-state index contributed by atoms with van der Waals surface area (Å²) in [5.74, 6) is 0.860. The molecule has 0 atom stereocenters. The number of piperidine rings is 1. The summed E-state index contributed by atoms with van der Waals surface area (Å²) in [6, 6.07) is 0. The first-order chi connectivity index (χ1) is 5.86. The van der Waals surface area contributed by atoms with Gasteiger partial charge in [-0.15, -0.1) is 0 Å². The van der Waals surface area contributed by atoms with Crippen molar-refractivity contribution in [1.29, 1.82) is 0 Å². The Hall–Kier alpha value is -0.0500. The van der Waals surface area contributed by atoms with Crippen molar-refractivity contribution in [3.63, 3.8) is 0 Å². The highest BCUT2D eigenvalue weighted by Crippen LogP contribution is 2.21. The van der Waals surface area contributed by atoms with E-state index >= 15 is 0 Å². The van der Waals surface area contributed by atoms with Crippen LogP contribution in [-0.4, -0.2) is 29.7 Å². The largest absolute Gasteiger partial charge is 0.345 e. The third kappa shape index (κ3) is 3.13. The zero-order valence-corrected chi connectivity index (χ0v) is 8.92. The summed E-state index contributed by atoms with van der Waals surface area (Å²) in [6.07, 6.45) is 5.96. The van der Waals surface area contributed by atoms with E-state index in [4.69, 9.17) is 0 Å². The fraction of sp³-hybridized carbons (Fsp3) is 0.889. The Morgan fingerprint density at radius 1 is 1.42 bits per heavy atom. The monoisotopic (exact) mass is 233 g/mol. The van der Waals surface area contributed by atoms with E-state index in [2.05, 4.69) is 15.9 Å². The number of hydrogen-bond donors (Lipinski definition) is 0. The minimum Gasteiger partial charge on any atom is -0.345 e. The van der Waals surface area contributed by atoms with Crippen LogP contribution in [0.15, 0.2) is 0 Å². The first-order valence-corrected chi connectivity index (χ1v) is 5.74. The molecule has 0 radical (unpaired) electrons. The maximum Gasteiger partial charge on any atom is 0.209 e. The van der Waals surface area contributed by atoms with E-state index < -0.39 is 0 Å². The summed E-state index contributed by atoms with van der Waals surface area (Å²) < 4.78 is 0. The standard InChI is InChI=1S/C9H16BrNO/c10-5-1-2-9-3-6-11(8-12)7-4-9/h8-9H,1-7H2. The van der Waals surface area contributed by atoms with Crippen LogP contribution in [-0.2, 0) is 4.79 Å². The zero-order chi connectivity index (χ0) is 8.81. The Kier molecular flexibility index (Phi) is 4.66. The van der Waals surface area contributed by atoms with Crippen LogP contribution < -0.4 is 0 Å². The molecule has 0 N–H and O–H groups in total. The van der Waals surface area contributed by atoms with Crippen LogP contribution in [0.4, 0.5) is 0 Å². The first kappa shape index (κ1) is 10.0. The average molecular weight is 234 g/mol. The predicted octanol–water partition coefficient (Wildman–Crippen LogP) is 2.03. The molecular weight excluding hydrogens is 218 g/mol. The number of halogens is 1. The van der Waals surface area contributed by atoms with E-state index in [1.807, 2.05) is 4.90 Å². The minimum absolute atomic E-state index is 0.860. The number of amides is 1. The lowest BCUT2D eigenvalue weighted by atomic mass is 9.93. The van der Waals surface area contributed by atoms with Gasteiger partial charge in [-0.1, -0.05) is 15.9 Å². The van der Waals surface area contributed by atoms with Crippen molar-refractivity contribution in [2.45, 2.75) is 25.7 Å². The van der Waals surface area contributed by atoms with Crippen LogP contribution >= 0.6 is 15.9 Å². The van der Waals surface area contributed by atoms with E-state index in [0.717, 1.165) is 30.7 Å². The van der Waals surface area contributed by atoms with E-state index in [-0.39, 0.29) is 0 Å². The summed E-state index contributed by atoms with van der Waals surface area (Å²) >= 11 is 3.44. The zero-order valence-electron chi connectivity index (χ0n) is 7.34. The fourth-order valence-electron chi connectivity index (χ4n) is 1.71. The normalized spacial score (nSPS) is 19.6. The molecule has 2 nitrogen and oxygen atoms in total. The molecule has 70 valence electrons. The highest BCUT2D eigenvalue weighted by atomic mass is 79.9. The molecule has 0 aromatic carbocycles. The van der Waals surface area contributed by atoms with Gasteiger partial charge in [0, 0.05) is 18.4 Å². The van der Waals surface area contributed by atoms with Gasteiger partial charge in [-0.3, -0.25) is 4.79 Å². The molecule has 3 heteroatoms. The molecule has 0 aromatic heterocycles. The summed E-state index contributed by atoms with van der Waals surface area (Å²) in [6.45, 7) is 1.94. The van der Waals surface area contributed by atoms with Gasteiger partial charge in [-0.05, 0) is 31.6 Å². The molecule has 1 aliphatic heterocycles. The summed E-state index contributed by atoms with van der Waals surface area (Å²) in [5.41, 5.74) is 0.